The Kier molecular flexibility index (Phi) is 4.15. The molecule has 1 aromatic carbocycles. The number of rotatable bonds is 4. The Bertz CT molecular complexity index is 564. The van der Waals surface area contributed by atoms with Gasteiger partial charge in [0.15, 0.2) is 0 Å². The van der Waals surface area contributed by atoms with Crippen LogP contribution in [0.1, 0.15) is 30.5 Å². The minimum Gasteiger partial charge on any atom is -0.384 e. The SMILES string of the molecule is C[C](C)Cc1ccc(Cc2ccnc(N)c2)c(F)c1. The van der Waals surface area contributed by atoms with E-state index in [-0.39, 0.29) is 5.82 Å². The van der Waals surface area contributed by atoms with Crippen molar-refractivity contribution in [1.82, 2.24) is 4.98 Å². The number of hydrogen-bond donors (Lipinski definition) is 1. The number of hydrogen-bond acceptors (Lipinski definition) is 2. The van der Waals surface area contributed by atoms with Gasteiger partial charge in [-0.25, -0.2) is 9.37 Å². The molecule has 1 radical (unpaired) electrons. The zero-order valence-corrected chi connectivity index (χ0v) is 11.3. The maximum atomic E-state index is 14.0. The Morgan fingerprint density at radius 2 is 1.95 bits per heavy atom. The van der Waals surface area contributed by atoms with E-state index in [0.29, 0.717) is 17.8 Å². The van der Waals surface area contributed by atoms with E-state index < -0.39 is 0 Å². The summed E-state index contributed by atoms with van der Waals surface area (Å²) < 4.78 is 14.0. The fraction of sp³-hybridized carbons (Fsp3) is 0.250. The monoisotopic (exact) mass is 257 g/mol. The van der Waals surface area contributed by atoms with Gasteiger partial charge in [0.25, 0.3) is 0 Å². The summed E-state index contributed by atoms with van der Waals surface area (Å²) in [4.78, 5) is 3.93. The fourth-order valence-electron chi connectivity index (χ4n) is 2.08. The van der Waals surface area contributed by atoms with Crippen molar-refractivity contribution in [2.45, 2.75) is 26.7 Å². The number of anilines is 1. The number of nitrogens with two attached hydrogens (primary N) is 1. The molecule has 2 aromatic rings. The minimum atomic E-state index is -0.158. The molecule has 0 bridgehead atoms. The van der Waals surface area contributed by atoms with Gasteiger partial charge in [0, 0.05) is 12.6 Å². The van der Waals surface area contributed by atoms with E-state index in [1.165, 1.54) is 5.92 Å². The number of benzene rings is 1. The van der Waals surface area contributed by atoms with Crippen molar-refractivity contribution in [3.05, 3.63) is 65.0 Å². The summed E-state index contributed by atoms with van der Waals surface area (Å²) in [5.74, 6) is 1.58. The lowest BCUT2D eigenvalue weighted by molar-refractivity contribution is 0.611. The van der Waals surface area contributed by atoms with E-state index in [9.17, 15) is 4.39 Å². The lowest BCUT2D eigenvalue weighted by atomic mass is 9.99. The van der Waals surface area contributed by atoms with Gasteiger partial charge in [-0.2, -0.15) is 0 Å². The molecular formula is C16H18FN2. The molecule has 0 aliphatic heterocycles. The van der Waals surface area contributed by atoms with Crippen LogP contribution in [-0.2, 0) is 12.8 Å². The summed E-state index contributed by atoms with van der Waals surface area (Å²) >= 11 is 0. The number of nitrogens with zero attached hydrogens (tertiary/aromatic N) is 1. The molecule has 2 N–H and O–H groups in total. The molecule has 0 saturated heterocycles. The summed E-state index contributed by atoms with van der Waals surface area (Å²) in [6.07, 6.45) is 3.00. The van der Waals surface area contributed by atoms with Crippen LogP contribution in [0.3, 0.4) is 0 Å². The van der Waals surface area contributed by atoms with Crippen molar-refractivity contribution < 1.29 is 4.39 Å². The molecule has 2 rings (SSSR count). The van der Waals surface area contributed by atoms with Gasteiger partial charge in [-0.3, -0.25) is 0 Å². The van der Waals surface area contributed by atoms with Crippen LogP contribution >= 0.6 is 0 Å². The third kappa shape index (κ3) is 3.78. The van der Waals surface area contributed by atoms with Gasteiger partial charge < -0.3 is 5.73 Å². The topological polar surface area (TPSA) is 38.9 Å². The van der Waals surface area contributed by atoms with Gasteiger partial charge in [0.2, 0.25) is 0 Å². The van der Waals surface area contributed by atoms with Crippen molar-refractivity contribution in [1.29, 1.82) is 0 Å². The Hall–Kier alpha value is -1.90. The fourth-order valence-corrected chi connectivity index (χ4v) is 2.08. The normalized spacial score (nSPS) is 10.9. The van der Waals surface area contributed by atoms with Crippen LogP contribution in [0.4, 0.5) is 10.2 Å². The third-order valence-corrected chi connectivity index (χ3v) is 2.92. The molecule has 99 valence electrons. The molecule has 3 heteroatoms. The van der Waals surface area contributed by atoms with Crippen LogP contribution < -0.4 is 5.73 Å². The maximum Gasteiger partial charge on any atom is 0.127 e. The van der Waals surface area contributed by atoms with Crippen molar-refractivity contribution >= 4 is 5.82 Å². The largest absolute Gasteiger partial charge is 0.384 e. The van der Waals surface area contributed by atoms with Crippen LogP contribution in [0.2, 0.25) is 0 Å². The van der Waals surface area contributed by atoms with Crippen LogP contribution in [0.5, 0.6) is 0 Å². The molecule has 0 spiro atoms. The first-order valence-electron chi connectivity index (χ1n) is 6.31. The van der Waals surface area contributed by atoms with E-state index in [4.69, 9.17) is 5.73 Å². The van der Waals surface area contributed by atoms with Crippen LogP contribution in [0.15, 0.2) is 36.5 Å². The van der Waals surface area contributed by atoms with Gasteiger partial charge in [-0.1, -0.05) is 26.0 Å². The molecule has 19 heavy (non-hydrogen) atoms. The van der Waals surface area contributed by atoms with Gasteiger partial charge in [0.1, 0.15) is 11.6 Å². The molecular weight excluding hydrogens is 239 g/mol. The first-order chi connectivity index (χ1) is 9.04. The van der Waals surface area contributed by atoms with E-state index >= 15 is 0 Å². The van der Waals surface area contributed by atoms with Crippen molar-refractivity contribution in [2.75, 3.05) is 5.73 Å². The summed E-state index contributed by atoms with van der Waals surface area (Å²) in [5.41, 5.74) is 8.28. The summed E-state index contributed by atoms with van der Waals surface area (Å²) in [5, 5.41) is 0. The molecule has 0 atom stereocenters. The van der Waals surface area contributed by atoms with Gasteiger partial charge >= 0.3 is 0 Å². The maximum absolute atomic E-state index is 14.0. The molecule has 0 aliphatic rings. The van der Waals surface area contributed by atoms with Crippen molar-refractivity contribution in [3.8, 4) is 0 Å². The first-order valence-corrected chi connectivity index (χ1v) is 6.31. The number of pyridine rings is 1. The number of nitrogen functional groups attached to an aromatic ring is 1. The highest BCUT2D eigenvalue weighted by atomic mass is 19.1. The van der Waals surface area contributed by atoms with Crippen molar-refractivity contribution in [2.24, 2.45) is 0 Å². The second-order valence-electron chi connectivity index (χ2n) is 5.08. The molecule has 0 aliphatic carbocycles. The molecule has 1 aromatic heterocycles. The van der Waals surface area contributed by atoms with Gasteiger partial charge in [-0.15, -0.1) is 0 Å². The summed E-state index contributed by atoms with van der Waals surface area (Å²) in [7, 11) is 0. The van der Waals surface area contributed by atoms with Gasteiger partial charge in [-0.05, 0) is 47.2 Å². The highest BCUT2D eigenvalue weighted by Gasteiger charge is 2.06. The average Bonchev–Trinajstić information content (AvgIpc) is 2.32. The molecule has 0 saturated carbocycles. The summed E-state index contributed by atoms with van der Waals surface area (Å²) in [6.45, 7) is 4.09. The van der Waals surface area contributed by atoms with Crippen LogP contribution in [0, 0.1) is 11.7 Å². The van der Waals surface area contributed by atoms with Crippen molar-refractivity contribution in [3.63, 3.8) is 0 Å². The quantitative estimate of drug-likeness (QED) is 0.909. The Balaban J connectivity index is 2.17. The van der Waals surface area contributed by atoms with E-state index in [1.807, 2.05) is 32.0 Å². The lowest BCUT2D eigenvalue weighted by Crippen LogP contribution is -1.98. The first kappa shape index (κ1) is 13.5. The zero-order chi connectivity index (χ0) is 13.8. The predicted octanol–water partition coefficient (Wildman–Crippen LogP) is 3.55. The Morgan fingerprint density at radius 3 is 2.58 bits per heavy atom. The van der Waals surface area contributed by atoms with E-state index in [1.54, 1.807) is 18.3 Å². The smallest absolute Gasteiger partial charge is 0.127 e. The Morgan fingerprint density at radius 1 is 1.16 bits per heavy atom. The molecule has 0 unspecified atom stereocenters. The summed E-state index contributed by atoms with van der Waals surface area (Å²) in [6, 6.07) is 9.08. The van der Waals surface area contributed by atoms with E-state index in [2.05, 4.69) is 4.98 Å². The highest BCUT2D eigenvalue weighted by Crippen LogP contribution is 2.18. The standard InChI is InChI=1S/C16H18FN2/c1-11(2)7-12-3-4-14(15(17)9-12)8-13-5-6-19-16(18)10-13/h3-6,9-10H,7-8H2,1-2H3,(H2,18,19). The average molecular weight is 257 g/mol. The molecule has 1 heterocycles. The number of aromatic nitrogens is 1. The lowest BCUT2D eigenvalue weighted by Gasteiger charge is -2.08. The highest BCUT2D eigenvalue weighted by molar-refractivity contribution is 5.36. The second kappa shape index (κ2) is 5.83. The molecule has 0 amide bonds. The Labute approximate surface area is 113 Å². The van der Waals surface area contributed by atoms with E-state index in [0.717, 1.165) is 17.5 Å². The zero-order valence-electron chi connectivity index (χ0n) is 11.3. The third-order valence-electron chi connectivity index (χ3n) is 2.92. The molecule has 0 fully saturated rings. The van der Waals surface area contributed by atoms with Gasteiger partial charge in [0.05, 0.1) is 0 Å². The molecule has 2 nitrogen and oxygen atoms in total. The minimum absolute atomic E-state index is 0.158. The number of halogens is 1. The van der Waals surface area contributed by atoms with Crippen LogP contribution in [-0.4, -0.2) is 4.98 Å². The predicted molar refractivity (Wildman–Crippen MR) is 76.2 cm³/mol. The second-order valence-corrected chi connectivity index (χ2v) is 5.08. The van der Waals surface area contributed by atoms with Crippen LogP contribution in [0.25, 0.3) is 0 Å².